The van der Waals surface area contributed by atoms with Crippen LogP contribution < -0.4 is 5.32 Å². The smallest absolute Gasteiger partial charge is 0.159 e. The van der Waals surface area contributed by atoms with Gasteiger partial charge in [-0.25, -0.2) is 9.97 Å². The molecule has 4 nitrogen and oxygen atoms in total. The van der Waals surface area contributed by atoms with Crippen LogP contribution in [0.5, 0.6) is 0 Å². The molecule has 0 radical (unpaired) electrons. The fraction of sp³-hybridized carbons (Fsp3) is 0.286. The topological polar surface area (TPSA) is 47.0 Å². The van der Waals surface area contributed by atoms with E-state index in [2.05, 4.69) is 15.3 Å². The highest BCUT2D eigenvalue weighted by Crippen LogP contribution is 2.19. The minimum atomic E-state index is -0.0394. The maximum Gasteiger partial charge on any atom is 0.159 e. The first-order valence-corrected chi connectivity index (χ1v) is 6.14. The molecule has 1 atom stereocenters. The summed E-state index contributed by atoms with van der Waals surface area (Å²) >= 11 is 0. The van der Waals surface area contributed by atoms with Gasteiger partial charge in [0.05, 0.1) is 12.3 Å². The number of nitrogens with zero attached hydrogens (tertiary/aromatic N) is 2. The van der Waals surface area contributed by atoms with Crippen LogP contribution in [0.25, 0.3) is 11.3 Å². The lowest BCUT2D eigenvalue weighted by atomic mass is 10.1. The predicted molar refractivity (Wildman–Crippen MR) is 69.0 cm³/mol. The van der Waals surface area contributed by atoms with Crippen molar-refractivity contribution in [3.05, 3.63) is 48.4 Å². The molecule has 0 aliphatic carbocycles. The van der Waals surface area contributed by atoms with E-state index in [4.69, 9.17) is 4.74 Å². The summed E-state index contributed by atoms with van der Waals surface area (Å²) in [5.41, 5.74) is 2.04. The second-order valence-corrected chi connectivity index (χ2v) is 4.23. The lowest BCUT2D eigenvalue weighted by molar-refractivity contribution is 0.0222. The van der Waals surface area contributed by atoms with Gasteiger partial charge >= 0.3 is 0 Å². The Balaban J connectivity index is 1.89. The Morgan fingerprint density at radius 3 is 2.83 bits per heavy atom. The summed E-state index contributed by atoms with van der Waals surface area (Å²) in [6, 6.07) is 12.0. The first-order valence-electron chi connectivity index (χ1n) is 6.14. The van der Waals surface area contributed by atoms with Crippen molar-refractivity contribution in [3.63, 3.8) is 0 Å². The highest BCUT2D eigenvalue weighted by Gasteiger charge is 2.18. The molecule has 92 valence electrons. The van der Waals surface area contributed by atoms with Gasteiger partial charge in [0.1, 0.15) is 6.10 Å². The Kier molecular flexibility index (Phi) is 3.30. The number of hydrogen-bond acceptors (Lipinski definition) is 4. The third-order valence-electron chi connectivity index (χ3n) is 2.96. The van der Waals surface area contributed by atoms with E-state index in [1.54, 1.807) is 6.20 Å². The molecule has 1 N–H and O–H groups in total. The summed E-state index contributed by atoms with van der Waals surface area (Å²) < 4.78 is 5.67. The first-order chi connectivity index (χ1) is 8.93. The van der Waals surface area contributed by atoms with Crippen molar-refractivity contribution in [1.82, 2.24) is 15.3 Å². The molecule has 0 bridgehead atoms. The molecule has 0 spiro atoms. The molecule has 0 amide bonds. The van der Waals surface area contributed by atoms with Gasteiger partial charge in [-0.3, -0.25) is 0 Å². The van der Waals surface area contributed by atoms with Gasteiger partial charge in [0.2, 0.25) is 0 Å². The monoisotopic (exact) mass is 241 g/mol. The van der Waals surface area contributed by atoms with Crippen LogP contribution in [0.15, 0.2) is 42.6 Å². The van der Waals surface area contributed by atoms with Gasteiger partial charge in [-0.1, -0.05) is 30.3 Å². The van der Waals surface area contributed by atoms with Gasteiger partial charge in [-0.2, -0.15) is 0 Å². The molecule has 4 heteroatoms. The standard InChI is InChI=1S/C14H15N3O/c1-2-4-11(5-3-1)12-6-7-16-14(17-12)13-10-15-8-9-18-13/h1-7,13,15H,8-10H2. The fourth-order valence-corrected chi connectivity index (χ4v) is 2.03. The van der Waals surface area contributed by atoms with Crippen LogP contribution in [0.1, 0.15) is 11.9 Å². The SMILES string of the molecule is c1ccc(-c2ccnc(C3CNCCO3)n2)cc1. The van der Waals surface area contributed by atoms with Crippen LogP contribution in [-0.4, -0.2) is 29.7 Å². The first kappa shape index (κ1) is 11.3. The fourth-order valence-electron chi connectivity index (χ4n) is 2.03. The van der Waals surface area contributed by atoms with Gasteiger partial charge in [-0.05, 0) is 6.07 Å². The molecule has 1 fully saturated rings. The Bertz CT molecular complexity index is 509. The summed E-state index contributed by atoms with van der Waals surface area (Å²) in [5.74, 6) is 0.753. The van der Waals surface area contributed by atoms with Crippen molar-refractivity contribution in [3.8, 4) is 11.3 Å². The van der Waals surface area contributed by atoms with E-state index in [0.29, 0.717) is 6.61 Å². The Labute approximate surface area is 106 Å². The zero-order valence-corrected chi connectivity index (χ0v) is 10.0. The number of benzene rings is 1. The van der Waals surface area contributed by atoms with Crippen molar-refractivity contribution >= 4 is 0 Å². The number of rotatable bonds is 2. The number of morpholine rings is 1. The van der Waals surface area contributed by atoms with E-state index < -0.39 is 0 Å². The van der Waals surface area contributed by atoms with Gasteiger partial charge in [0.15, 0.2) is 5.82 Å². The summed E-state index contributed by atoms with van der Waals surface area (Å²) in [4.78, 5) is 8.90. The van der Waals surface area contributed by atoms with Crippen LogP contribution in [0.4, 0.5) is 0 Å². The number of aromatic nitrogens is 2. The van der Waals surface area contributed by atoms with Crippen molar-refractivity contribution in [2.24, 2.45) is 0 Å². The summed E-state index contributed by atoms with van der Waals surface area (Å²) in [5, 5.41) is 3.29. The van der Waals surface area contributed by atoms with Crippen LogP contribution in [-0.2, 0) is 4.74 Å². The lowest BCUT2D eigenvalue weighted by Crippen LogP contribution is -2.34. The third kappa shape index (κ3) is 2.39. The lowest BCUT2D eigenvalue weighted by Gasteiger charge is -2.22. The molecule has 1 saturated heterocycles. The maximum absolute atomic E-state index is 5.67. The van der Waals surface area contributed by atoms with Crippen molar-refractivity contribution in [2.45, 2.75) is 6.10 Å². The molecule has 1 aromatic carbocycles. The molecular formula is C14H15N3O. The molecule has 3 rings (SSSR count). The average Bonchev–Trinajstić information content (AvgIpc) is 2.49. The Hall–Kier alpha value is -1.78. The summed E-state index contributed by atoms with van der Waals surface area (Å²) in [6.45, 7) is 2.39. The molecule has 1 aliphatic rings. The van der Waals surface area contributed by atoms with Crippen molar-refractivity contribution in [2.75, 3.05) is 19.7 Å². The number of nitrogens with one attached hydrogen (secondary N) is 1. The number of ether oxygens (including phenoxy) is 1. The second-order valence-electron chi connectivity index (χ2n) is 4.23. The third-order valence-corrected chi connectivity index (χ3v) is 2.96. The van der Waals surface area contributed by atoms with Gasteiger partial charge in [0.25, 0.3) is 0 Å². The summed E-state index contributed by atoms with van der Waals surface area (Å²) in [7, 11) is 0. The molecule has 0 saturated carbocycles. The van der Waals surface area contributed by atoms with E-state index in [-0.39, 0.29) is 6.10 Å². The molecule has 1 aromatic heterocycles. The van der Waals surface area contributed by atoms with Crippen LogP contribution in [0.2, 0.25) is 0 Å². The maximum atomic E-state index is 5.67. The average molecular weight is 241 g/mol. The molecule has 2 aromatic rings. The largest absolute Gasteiger partial charge is 0.368 e. The second kappa shape index (κ2) is 5.25. The molecular weight excluding hydrogens is 226 g/mol. The highest BCUT2D eigenvalue weighted by molar-refractivity contribution is 5.58. The van der Waals surface area contributed by atoms with Crippen molar-refractivity contribution in [1.29, 1.82) is 0 Å². The van der Waals surface area contributed by atoms with Crippen molar-refractivity contribution < 1.29 is 4.74 Å². The van der Waals surface area contributed by atoms with E-state index >= 15 is 0 Å². The van der Waals surface area contributed by atoms with E-state index in [0.717, 1.165) is 30.2 Å². The zero-order chi connectivity index (χ0) is 12.2. The minimum Gasteiger partial charge on any atom is -0.368 e. The van der Waals surface area contributed by atoms with Crippen LogP contribution in [0, 0.1) is 0 Å². The van der Waals surface area contributed by atoms with E-state index in [1.807, 2.05) is 36.4 Å². The molecule has 2 heterocycles. The van der Waals surface area contributed by atoms with Crippen LogP contribution >= 0.6 is 0 Å². The zero-order valence-electron chi connectivity index (χ0n) is 10.0. The Morgan fingerprint density at radius 1 is 1.17 bits per heavy atom. The molecule has 1 aliphatic heterocycles. The minimum absolute atomic E-state index is 0.0394. The molecule has 18 heavy (non-hydrogen) atoms. The van der Waals surface area contributed by atoms with Crippen LogP contribution in [0.3, 0.4) is 0 Å². The van der Waals surface area contributed by atoms with Gasteiger partial charge in [0, 0.05) is 24.8 Å². The molecule has 1 unspecified atom stereocenters. The quantitative estimate of drug-likeness (QED) is 0.871. The van der Waals surface area contributed by atoms with E-state index in [9.17, 15) is 0 Å². The van der Waals surface area contributed by atoms with E-state index in [1.165, 1.54) is 0 Å². The Morgan fingerprint density at radius 2 is 2.06 bits per heavy atom. The number of hydrogen-bond donors (Lipinski definition) is 1. The van der Waals surface area contributed by atoms with Gasteiger partial charge < -0.3 is 10.1 Å². The normalized spacial score (nSPS) is 19.7. The highest BCUT2D eigenvalue weighted by atomic mass is 16.5. The predicted octanol–water partition coefficient (Wildman–Crippen LogP) is 1.80. The summed E-state index contributed by atoms with van der Waals surface area (Å²) in [6.07, 6.45) is 1.75. The van der Waals surface area contributed by atoms with Gasteiger partial charge in [-0.15, -0.1) is 0 Å².